The third-order valence-corrected chi connectivity index (χ3v) is 7.52. The van der Waals surface area contributed by atoms with Crippen LogP contribution in [0.4, 0.5) is 5.69 Å². The predicted molar refractivity (Wildman–Crippen MR) is 126 cm³/mol. The highest BCUT2D eigenvalue weighted by atomic mass is 79.9. The van der Waals surface area contributed by atoms with Gasteiger partial charge in [0.2, 0.25) is 0 Å². The molecule has 0 bridgehead atoms. The molecule has 1 aromatic heterocycles. The number of anilines is 1. The van der Waals surface area contributed by atoms with Crippen LogP contribution in [0, 0.1) is 29.1 Å². The molecule has 152 valence electrons. The third-order valence-electron chi connectivity index (χ3n) is 7.02. The molecular weight excluding hydrogens is 434 g/mol. The normalized spacial score (nSPS) is 23.8. The number of halogens is 1. The lowest BCUT2D eigenvalue weighted by Gasteiger charge is -2.41. The fourth-order valence-corrected chi connectivity index (χ4v) is 5.89. The van der Waals surface area contributed by atoms with Gasteiger partial charge in [-0.15, -0.1) is 0 Å². The minimum absolute atomic E-state index is 0.650. The van der Waals surface area contributed by atoms with Gasteiger partial charge in [-0.25, -0.2) is 0 Å². The van der Waals surface area contributed by atoms with E-state index >= 15 is 0 Å². The summed E-state index contributed by atoms with van der Waals surface area (Å²) in [7, 11) is 0. The summed E-state index contributed by atoms with van der Waals surface area (Å²) < 4.78 is 1.19. The topological polar surface area (TPSA) is 39.9 Å². The molecule has 2 heterocycles. The molecule has 0 amide bonds. The number of nitrogens with zero attached hydrogens (tertiary/aromatic N) is 3. The van der Waals surface area contributed by atoms with E-state index in [1.54, 1.807) is 6.20 Å². The van der Waals surface area contributed by atoms with Crippen LogP contribution in [0.1, 0.15) is 36.5 Å². The van der Waals surface area contributed by atoms with Gasteiger partial charge in [0.15, 0.2) is 0 Å². The van der Waals surface area contributed by atoms with Gasteiger partial charge in [-0.2, -0.15) is 5.26 Å². The van der Waals surface area contributed by atoms with Gasteiger partial charge in [-0.1, -0.05) is 28.9 Å². The lowest BCUT2D eigenvalue weighted by molar-refractivity contribution is 0.251. The summed E-state index contributed by atoms with van der Waals surface area (Å²) in [6.45, 7) is 4.51. The van der Waals surface area contributed by atoms with Crippen molar-refractivity contribution in [1.82, 2.24) is 4.98 Å². The molecule has 1 aliphatic carbocycles. The van der Waals surface area contributed by atoms with Gasteiger partial charge in [0, 0.05) is 34.8 Å². The Balaban J connectivity index is 1.53. The first-order chi connectivity index (χ1) is 14.6. The van der Waals surface area contributed by atoms with E-state index in [1.165, 1.54) is 40.5 Å². The molecular formula is C26H26BrN3. The number of rotatable bonds is 1. The Morgan fingerprint density at radius 1 is 1.03 bits per heavy atom. The summed E-state index contributed by atoms with van der Waals surface area (Å²) in [4.78, 5) is 7.11. The third kappa shape index (κ3) is 3.61. The molecule has 0 spiro atoms. The average Bonchev–Trinajstić information content (AvgIpc) is 2.75. The number of hydrogen-bond acceptors (Lipinski definition) is 3. The molecule has 4 heteroatoms. The fraction of sp³-hybridized carbons (Fsp3) is 0.385. The van der Waals surface area contributed by atoms with Crippen LogP contribution in [-0.2, 0) is 12.8 Å². The van der Waals surface area contributed by atoms with Crippen LogP contribution in [0.25, 0.3) is 10.9 Å². The lowest BCUT2D eigenvalue weighted by Crippen LogP contribution is -2.41. The Labute approximate surface area is 186 Å². The molecule has 1 unspecified atom stereocenters. The molecule has 1 aliphatic heterocycles. The first-order valence-corrected chi connectivity index (χ1v) is 11.7. The van der Waals surface area contributed by atoms with Crippen LogP contribution in [0.3, 0.4) is 0 Å². The Kier molecular flexibility index (Phi) is 5.25. The van der Waals surface area contributed by atoms with Crippen LogP contribution >= 0.6 is 15.9 Å². The molecule has 0 N–H and O–H groups in total. The van der Waals surface area contributed by atoms with Gasteiger partial charge >= 0.3 is 0 Å². The summed E-state index contributed by atoms with van der Waals surface area (Å²) in [5, 5.41) is 10.6. The highest BCUT2D eigenvalue weighted by molar-refractivity contribution is 9.10. The second-order valence-electron chi connectivity index (χ2n) is 9.07. The Bertz CT molecular complexity index is 1130. The maximum Gasteiger partial charge on any atom is 0.101 e. The summed E-state index contributed by atoms with van der Waals surface area (Å²) >= 11 is 3.65. The molecule has 1 saturated heterocycles. The molecule has 3 aromatic rings. The zero-order valence-electron chi connectivity index (χ0n) is 17.3. The first kappa shape index (κ1) is 19.6. The quantitative estimate of drug-likeness (QED) is 0.438. The van der Waals surface area contributed by atoms with Crippen LogP contribution < -0.4 is 4.90 Å². The van der Waals surface area contributed by atoms with E-state index < -0.39 is 0 Å². The van der Waals surface area contributed by atoms with Gasteiger partial charge in [-0.3, -0.25) is 4.98 Å². The van der Waals surface area contributed by atoms with Crippen molar-refractivity contribution in [3.05, 3.63) is 69.8 Å². The van der Waals surface area contributed by atoms with Crippen LogP contribution in [0.5, 0.6) is 0 Å². The molecule has 2 aliphatic rings. The molecule has 1 fully saturated rings. The van der Waals surface area contributed by atoms with Crippen LogP contribution in [0.2, 0.25) is 0 Å². The summed E-state index contributed by atoms with van der Waals surface area (Å²) in [5.41, 5.74) is 5.75. The maximum atomic E-state index is 9.52. The smallest absolute Gasteiger partial charge is 0.101 e. The minimum Gasteiger partial charge on any atom is -0.370 e. The minimum atomic E-state index is 0.650. The van der Waals surface area contributed by atoms with Crippen LogP contribution in [0.15, 0.2) is 53.1 Å². The van der Waals surface area contributed by atoms with E-state index in [1.807, 2.05) is 12.1 Å². The fourth-order valence-electron chi connectivity index (χ4n) is 5.48. The highest BCUT2D eigenvalue weighted by Gasteiger charge is 2.33. The molecule has 0 radical (unpaired) electrons. The van der Waals surface area contributed by atoms with E-state index in [-0.39, 0.29) is 0 Å². The second kappa shape index (κ2) is 8.04. The van der Waals surface area contributed by atoms with Gasteiger partial charge < -0.3 is 4.90 Å². The lowest BCUT2D eigenvalue weighted by atomic mass is 9.72. The van der Waals surface area contributed by atoms with E-state index in [9.17, 15) is 5.26 Å². The molecule has 3 atom stereocenters. The van der Waals surface area contributed by atoms with Crippen molar-refractivity contribution in [2.24, 2.45) is 17.8 Å². The second-order valence-corrected chi connectivity index (χ2v) is 9.99. The van der Waals surface area contributed by atoms with E-state index in [0.29, 0.717) is 17.4 Å². The summed E-state index contributed by atoms with van der Waals surface area (Å²) in [6, 6.07) is 17.3. The van der Waals surface area contributed by atoms with E-state index in [2.05, 4.69) is 69.1 Å². The zero-order chi connectivity index (χ0) is 20.7. The van der Waals surface area contributed by atoms with Gasteiger partial charge in [0.25, 0.3) is 0 Å². The van der Waals surface area contributed by atoms with Crippen molar-refractivity contribution in [2.75, 3.05) is 18.0 Å². The average molecular weight is 460 g/mol. The van der Waals surface area contributed by atoms with Gasteiger partial charge in [0.1, 0.15) is 6.07 Å². The van der Waals surface area contributed by atoms with E-state index in [0.717, 1.165) is 36.3 Å². The Morgan fingerprint density at radius 2 is 1.90 bits per heavy atom. The highest BCUT2D eigenvalue weighted by Crippen LogP contribution is 2.39. The molecule has 30 heavy (non-hydrogen) atoms. The standard InChI is InChI=1S/C26H26BrN3/c1-17-4-5-19-11-21-13-23(27)8-6-18(21)12-22(19)16-30(15-17)25-9-7-20(14-28)26-24(25)3-2-10-29-26/h2-3,6-10,13,17,19,22H,4-5,11-12,15-16H2,1H3/t17-,19?,22-/m0/s1. The van der Waals surface area contributed by atoms with Crippen molar-refractivity contribution >= 4 is 32.5 Å². The van der Waals surface area contributed by atoms with Crippen molar-refractivity contribution in [3.63, 3.8) is 0 Å². The molecule has 3 nitrogen and oxygen atoms in total. The predicted octanol–water partition coefficient (Wildman–Crippen LogP) is 6.14. The number of hydrogen-bond donors (Lipinski definition) is 0. The van der Waals surface area contributed by atoms with E-state index in [4.69, 9.17) is 0 Å². The summed E-state index contributed by atoms with van der Waals surface area (Å²) in [6.07, 6.45) is 6.73. The molecule has 5 rings (SSSR count). The number of pyridine rings is 1. The molecule has 2 aromatic carbocycles. The maximum absolute atomic E-state index is 9.52. The largest absolute Gasteiger partial charge is 0.370 e. The van der Waals surface area contributed by atoms with Crippen molar-refractivity contribution < 1.29 is 0 Å². The van der Waals surface area contributed by atoms with Crippen molar-refractivity contribution in [1.29, 1.82) is 5.26 Å². The molecule has 0 saturated carbocycles. The first-order valence-electron chi connectivity index (χ1n) is 10.9. The van der Waals surface area contributed by atoms with Gasteiger partial charge in [0.05, 0.1) is 11.1 Å². The summed E-state index contributed by atoms with van der Waals surface area (Å²) in [5.74, 6) is 2.05. The number of benzene rings is 2. The van der Waals surface area contributed by atoms with Crippen LogP contribution in [-0.4, -0.2) is 18.1 Å². The monoisotopic (exact) mass is 459 g/mol. The van der Waals surface area contributed by atoms with Gasteiger partial charge in [-0.05, 0) is 91.0 Å². The Morgan fingerprint density at radius 3 is 2.77 bits per heavy atom. The number of nitriles is 1. The zero-order valence-corrected chi connectivity index (χ0v) is 18.9. The number of aromatic nitrogens is 1. The van der Waals surface area contributed by atoms with Crippen molar-refractivity contribution in [3.8, 4) is 6.07 Å². The Hall–Kier alpha value is -2.38. The van der Waals surface area contributed by atoms with Crippen molar-refractivity contribution in [2.45, 2.75) is 32.6 Å². The number of fused-ring (bicyclic) bond motifs is 3. The SMILES string of the molecule is C[C@H]1CCC2Cc3cc(Br)ccc3C[C@H]2CN(c2ccc(C#N)c3ncccc23)C1.